The molecular weight excluding hydrogens is 323 g/mol. The lowest BCUT2D eigenvalue weighted by Crippen LogP contribution is -2.04. The number of aldehydes is 1. The van der Waals surface area contributed by atoms with Crippen LogP contribution in [0.3, 0.4) is 0 Å². The first-order valence-corrected chi connectivity index (χ1v) is 6.22. The summed E-state index contributed by atoms with van der Waals surface area (Å²) in [4.78, 5) is 20.9. The zero-order chi connectivity index (χ0) is 16.5. The summed E-state index contributed by atoms with van der Waals surface area (Å²) in [6.07, 6.45) is -4.22. The van der Waals surface area contributed by atoms with Gasteiger partial charge in [0.1, 0.15) is 0 Å². The van der Waals surface area contributed by atoms with Crippen molar-refractivity contribution in [2.45, 2.75) is 6.18 Å². The number of rotatable bonds is 3. The molecule has 22 heavy (non-hydrogen) atoms. The highest BCUT2D eigenvalue weighted by Crippen LogP contribution is 2.36. The van der Waals surface area contributed by atoms with Crippen molar-refractivity contribution in [3.63, 3.8) is 0 Å². The molecule has 0 atom stereocenters. The summed E-state index contributed by atoms with van der Waals surface area (Å²) < 4.78 is 37.7. The van der Waals surface area contributed by atoms with Crippen LogP contribution in [0.1, 0.15) is 15.9 Å². The number of hydrogen-bond acceptors (Lipinski definition) is 3. The largest absolute Gasteiger partial charge is 0.416 e. The van der Waals surface area contributed by atoms with Gasteiger partial charge in [0.25, 0.3) is 5.69 Å². The number of carbonyl (C=O) groups is 1. The quantitative estimate of drug-likeness (QED) is 0.464. The number of hydrogen-bond donors (Lipinski definition) is 0. The predicted octanol–water partition coefficient (Wildman–Crippen LogP) is 4.75. The van der Waals surface area contributed by atoms with Crippen LogP contribution in [-0.2, 0) is 6.18 Å². The fourth-order valence-corrected chi connectivity index (χ4v) is 2.20. The predicted molar refractivity (Wildman–Crippen MR) is 73.9 cm³/mol. The maximum absolute atomic E-state index is 12.6. The van der Waals surface area contributed by atoms with E-state index >= 15 is 0 Å². The summed E-state index contributed by atoms with van der Waals surface area (Å²) in [7, 11) is 0. The molecule has 2 aromatic rings. The van der Waals surface area contributed by atoms with E-state index < -0.39 is 16.7 Å². The fraction of sp³-hybridized carbons (Fsp3) is 0.0714. The van der Waals surface area contributed by atoms with E-state index in [0.29, 0.717) is 11.8 Å². The average molecular weight is 330 g/mol. The molecule has 0 aliphatic carbocycles. The van der Waals surface area contributed by atoms with Crippen LogP contribution in [0.4, 0.5) is 18.9 Å². The van der Waals surface area contributed by atoms with Crippen LogP contribution >= 0.6 is 11.6 Å². The van der Waals surface area contributed by atoms with Gasteiger partial charge in [0.2, 0.25) is 0 Å². The Morgan fingerprint density at radius 3 is 2.32 bits per heavy atom. The average Bonchev–Trinajstić information content (AvgIpc) is 2.45. The van der Waals surface area contributed by atoms with Crippen LogP contribution in [0.25, 0.3) is 11.1 Å². The molecule has 0 amide bonds. The maximum atomic E-state index is 12.6. The Labute approximate surface area is 127 Å². The second-order valence-corrected chi connectivity index (χ2v) is 4.75. The number of nitro groups is 1. The Hall–Kier alpha value is -2.41. The Kier molecular flexibility index (Phi) is 4.18. The summed E-state index contributed by atoms with van der Waals surface area (Å²) in [5.74, 6) is 0. The van der Waals surface area contributed by atoms with E-state index in [0.717, 1.165) is 24.3 Å². The first kappa shape index (κ1) is 16.0. The Balaban J connectivity index is 2.53. The first-order valence-electron chi connectivity index (χ1n) is 5.85. The topological polar surface area (TPSA) is 60.2 Å². The van der Waals surface area contributed by atoms with Gasteiger partial charge in [0.05, 0.1) is 16.1 Å². The molecule has 0 saturated heterocycles. The van der Waals surface area contributed by atoms with Crippen molar-refractivity contribution < 1.29 is 22.9 Å². The van der Waals surface area contributed by atoms with Gasteiger partial charge < -0.3 is 0 Å². The number of carbonyl (C=O) groups excluding carboxylic acids is 1. The smallest absolute Gasteiger partial charge is 0.298 e. The van der Waals surface area contributed by atoms with Crippen molar-refractivity contribution in [1.82, 2.24) is 0 Å². The molecule has 0 N–H and O–H groups in total. The van der Waals surface area contributed by atoms with E-state index in [9.17, 15) is 28.1 Å². The minimum Gasteiger partial charge on any atom is -0.298 e. The number of alkyl halides is 3. The summed E-state index contributed by atoms with van der Waals surface area (Å²) in [6.45, 7) is 0. The van der Waals surface area contributed by atoms with Crippen LogP contribution < -0.4 is 0 Å². The molecule has 2 rings (SSSR count). The third-order valence-corrected chi connectivity index (χ3v) is 3.27. The second kappa shape index (κ2) is 5.76. The third-order valence-electron chi connectivity index (χ3n) is 2.96. The monoisotopic (exact) mass is 329 g/mol. The number of nitro benzene ring substituents is 1. The molecule has 114 valence electrons. The van der Waals surface area contributed by atoms with Crippen LogP contribution in [0.2, 0.25) is 5.02 Å². The third kappa shape index (κ3) is 3.09. The summed E-state index contributed by atoms with van der Waals surface area (Å²) >= 11 is 5.85. The van der Waals surface area contributed by atoms with E-state index in [2.05, 4.69) is 0 Å². The van der Waals surface area contributed by atoms with Crippen molar-refractivity contribution in [3.8, 4) is 11.1 Å². The van der Waals surface area contributed by atoms with Gasteiger partial charge in [-0.05, 0) is 29.8 Å². The fourth-order valence-electron chi connectivity index (χ4n) is 1.91. The zero-order valence-electron chi connectivity index (χ0n) is 10.7. The van der Waals surface area contributed by atoms with Crippen molar-refractivity contribution in [3.05, 3.63) is 62.7 Å². The highest BCUT2D eigenvalue weighted by molar-refractivity contribution is 6.33. The van der Waals surface area contributed by atoms with Crippen molar-refractivity contribution in [2.24, 2.45) is 0 Å². The molecule has 0 fully saturated rings. The lowest BCUT2D eigenvalue weighted by Gasteiger charge is -2.10. The van der Waals surface area contributed by atoms with Gasteiger partial charge in [-0.2, -0.15) is 13.2 Å². The Bertz CT molecular complexity index is 759. The van der Waals surface area contributed by atoms with E-state index in [1.807, 2.05) is 0 Å². The molecule has 2 aromatic carbocycles. The van der Waals surface area contributed by atoms with Crippen LogP contribution in [0, 0.1) is 10.1 Å². The molecule has 0 radical (unpaired) electrons. The van der Waals surface area contributed by atoms with E-state index in [1.165, 1.54) is 12.1 Å². The number of nitrogens with zero attached hydrogens (tertiary/aromatic N) is 1. The van der Waals surface area contributed by atoms with Gasteiger partial charge in [-0.25, -0.2) is 0 Å². The van der Waals surface area contributed by atoms with Crippen molar-refractivity contribution in [2.75, 3.05) is 0 Å². The SMILES string of the molecule is O=Cc1cc(-c2ccc(C(F)(F)F)cc2Cl)ccc1[N+](=O)[O-]. The lowest BCUT2D eigenvalue weighted by molar-refractivity contribution is -0.385. The number of halogens is 4. The molecule has 0 unspecified atom stereocenters. The molecule has 0 aliphatic heterocycles. The molecule has 8 heteroatoms. The lowest BCUT2D eigenvalue weighted by atomic mass is 10.0. The van der Waals surface area contributed by atoms with Gasteiger partial charge in [-0.3, -0.25) is 14.9 Å². The highest BCUT2D eigenvalue weighted by atomic mass is 35.5. The minimum atomic E-state index is -4.52. The summed E-state index contributed by atoms with van der Waals surface area (Å²) in [5, 5.41) is 10.6. The van der Waals surface area contributed by atoms with Crippen LogP contribution in [0.5, 0.6) is 0 Å². The second-order valence-electron chi connectivity index (χ2n) is 4.34. The summed E-state index contributed by atoms with van der Waals surface area (Å²) in [6, 6.07) is 6.40. The highest BCUT2D eigenvalue weighted by Gasteiger charge is 2.31. The molecule has 0 heterocycles. The molecule has 0 bridgehead atoms. The standard InChI is InChI=1S/C14H7ClF3NO3/c15-12-6-10(14(16,17)18)2-3-11(12)8-1-4-13(19(21)22)9(5-8)7-20/h1-7H. The minimum absolute atomic E-state index is 0.166. The molecule has 0 spiro atoms. The Morgan fingerprint density at radius 2 is 1.82 bits per heavy atom. The van der Waals surface area contributed by atoms with Gasteiger partial charge in [0.15, 0.2) is 6.29 Å². The van der Waals surface area contributed by atoms with Crippen LogP contribution in [0.15, 0.2) is 36.4 Å². The van der Waals surface area contributed by atoms with Gasteiger partial charge in [0, 0.05) is 16.7 Å². The first-order chi connectivity index (χ1) is 10.2. The Morgan fingerprint density at radius 1 is 1.14 bits per heavy atom. The molecular formula is C14H7ClF3NO3. The number of benzene rings is 2. The molecule has 0 aliphatic rings. The van der Waals surface area contributed by atoms with Gasteiger partial charge in [-0.15, -0.1) is 0 Å². The van der Waals surface area contributed by atoms with Gasteiger partial charge in [-0.1, -0.05) is 17.7 Å². The van der Waals surface area contributed by atoms with Gasteiger partial charge >= 0.3 is 6.18 Å². The van der Waals surface area contributed by atoms with E-state index in [4.69, 9.17) is 11.6 Å². The maximum Gasteiger partial charge on any atom is 0.416 e. The molecule has 0 aromatic heterocycles. The molecule has 4 nitrogen and oxygen atoms in total. The normalized spacial score (nSPS) is 11.3. The molecule has 0 saturated carbocycles. The summed E-state index contributed by atoms with van der Waals surface area (Å²) in [5.41, 5.74) is -0.918. The van der Waals surface area contributed by atoms with E-state index in [-0.39, 0.29) is 21.8 Å². The van der Waals surface area contributed by atoms with Crippen molar-refractivity contribution >= 4 is 23.6 Å². The van der Waals surface area contributed by atoms with E-state index in [1.54, 1.807) is 0 Å². The zero-order valence-corrected chi connectivity index (χ0v) is 11.5. The van der Waals surface area contributed by atoms with Crippen molar-refractivity contribution in [1.29, 1.82) is 0 Å². The van der Waals surface area contributed by atoms with Crippen LogP contribution in [-0.4, -0.2) is 11.2 Å².